The van der Waals surface area contributed by atoms with E-state index in [2.05, 4.69) is 4.98 Å². The van der Waals surface area contributed by atoms with Gasteiger partial charge < -0.3 is 9.72 Å². The molecule has 11 heteroatoms. The average Bonchev–Trinajstić information content (AvgIpc) is 3.36. The lowest BCUT2D eigenvalue weighted by Crippen LogP contribution is -2.46. The number of aromatic amines is 1. The Hall–Kier alpha value is -2.31. The van der Waals surface area contributed by atoms with Crippen molar-refractivity contribution in [3.63, 3.8) is 0 Å². The van der Waals surface area contributed by atoms with Crippen LogP contribution in [0.25, 0.3) is 10.2 Å². The predicted octanol–water partition coefficient (Wildman–Crippen LogP) is 3.32. The van der Waals surface area contributed by atoms with E-state index in [1.54, 1.807) is 12.1 Å². The normalized spacial score (nSPS) is 19.8. The highest BCUT2D eigenvalue weighted by molar-refractivity contribution is 7.92. The fourth-order valence-electron chi connectivity index (χ4n) is 3.83. The largest absolute Gasteiger partial charge is 0.497 e. The summed E-state index contributed by atoms with van der Waals surface area (Å²) in [5.41, 5.74) is 1.76. The minimum atomic E-state index is -3.88. The summed E-state index contributed by atoms with van der Waals surface area (Å²) in [6.07, 6.45) is 0.395. The van der Waals surface area contributed by atoms with Crippen LogP contribution in [-0.2, 0) is 14.6 Å². The van der Waals surface area contributed by atoms with E-state index in [-0.39, 0.29) is 30.2 Å². The highest BCUT2D eigenvalue weighted by Gasteiger charge is 2.44. The molecule has 1 amide bonds. The van der Waals surface area contributed by atoms with Gasteiger partial charge in [-0.2, -0.15) is 10.2 Å². The molecule has 8 nitrogen and oxygen atoms in total. The topological polar surface area (TPSA) is 103 Å². The number of hydrogen-bond acceptors (Lipinski definition) is 8. The van der Waals surface area contributed by atoms with Crippen molar-refractivity contribution < 1.29 is 23.2 Å². The Kier molecular flexibility index (Phi) is 5.64. The molecule has 2 heterocycles. The van der Waals surface area contributed by atoms with Crippen LogP contribution in [0.4, 0.5) is 0 Å². The number of carbonyl (C=O) groups is 1. The number of fused-ring (bicyclic) bond motifs is 1. The van der Waals surface area contributed by atoms with Crippen LogP contribution in [0.1, 0.15) is 17.9 Å². The first-order chi connectivity index (χ1) is 14.3. The zero-order valence-electron chi connectivity index (χ0n) is 15.9. The van der Waals surface area contributed by atoms with Crippen LogP contribution in [0.3, 0.4) is 0 Å². The smallest absolute Gasteiger partial charge is 0.249 e. The summed E-state index contributed by atoms with van der Waals surface area (Å²) in [6, 6.07) is 11.8. The number of hydrogen-bond donors (Lipinski definition) is 2. The number of rotatable bonds is 6. The molecule has 158 valence electrons. The number of hydrazine groups is 1. The van der Waals surface area contributed by atoms with Crippen molar-refractivity contribution in [3.8, 4) is 5.75 Å². The van der Waals surface area contributed by atoms with Crippen molar-refractivity contribution >= 4 is 50.0 Å². The lowest BCUT2D eigenvalue weighted by atomic mass is 9.97. The monoisotopic (exact) mass is 465 g/mol. The van der Waals surface area contributed by atoms with E-state index in [0.29, 0.717) is 14.9 Å². The molecule has 0 unspecified atom stereocenters. The number of ether oxygens (including phenoxy) is 1. The number of amides is 1. The first kappa shape index (κ1) is 20.9. The zero-order chi connectivity index (χ0) is 21.5. The molecule has 2 aromatic carbocycles. The molecular formula is C19H19N3O5S3. The molecule has 2 N–H and O–H groups in total. The van der Waals surface area contributed by atoms with Crippen LogP contribution in [0.2, 0.25) is 0 Å². The standard InChI is InChI=1S/C19H19N3O5S3/c1-27-13-5-7-14(8-6-13)30(25,26)17-9-12(10-21(17)22(24)11-23)15-3-2-4-16-18(15)20-19(28)29-16/h2-8,11-12,17,24H,9-10H2,1H3,(H,20,28)/t12-,17-/m1/s1. The third-order valence-corrected chi connectivity index (χ3v) is 8.54. The Labute approximate surface area is 182 Å². The van der Waals surface area contributed by atoms with Crippen LogP contribution in [-0.4, -0.2) is 54.2 Å². The van der Waals surface area contributed by atoms with Crippen molar-refractivity contribution in [2.24, 2.45) is 0 Å². The molecule has 0 radical (unpaired) electrons. The second-order valence-electron chi connectivity index (χ2n) is 6.89. The highest BCUT2D eigenvalue weighted by Crippen LogP contribution is 2.39. The molecule has 1 fully saturated rings. The summed E-state index contributed by atoms with van der Waals surface area (Å²) in [4.78, 5) is 14.5. The number of sulfone groups is 1. The maximum absolute atomic E-state index is 13.4. The second-order valence-corrected chi connectivity index (χ2v) is 10.7. The summed E-state index contributed by atoms with van der Waals surface area (Å²) in [5.74, 6) is 0.299. The van der Waals surface area contributed by atoms with Gasteiger partial charge in [-0.15, -0.1) is 11.3 Å². The van der Waals surface area contributed by atoms with Crippen LogP contribution in [0, 0.1) is 3.95 Å². The van der Waals surface area contributed by atoms with E-state index < -0.39 is 15.2 Å². The number of nitrogens with zero attached hydrogens (tertiary/aromatic N) is 2. The summed E-state index contributed by atoms with van der Waals surface area (Å²) < 4.78 is 33.4. The van der Waals surface area contributed by atoms with E-state index in [4.69, 9.17) is 17.0 Å². The molecule has 3 aromatic rings. The second kappa shape index (κ2) is 8.08. The van der Waals surface area contributed by atoms with Gasteiger partial charge in [0.15, 0.2) is 13.8 Å². The molecule has 1 saturated heterocycles. The van der Waals surface area contributed by atoms with Gasteiger partial charge >= 0.3 is 0 Å². The van der Waals surface area contributed by atoms with Gasteiger partial charge in [0.1, 0.15) is 11.1 Å². The molecule has 0 aliphatic carbocycles. The van der Waals surface area contributed by atoms with Crippen molar-refractivity contribution in [2.45, 2.75) is 22.6 Å². The third-order valence-electron chi connectivity index (χ3n) is 5.26. The first-order valence-corrected chi connectivity index (χ1v) is 11.8. The number of thiazole rings is 1. The number of nitrogens with one attached hydrogen (secondary N) is 1. The Morgan fingerprint density at radius 3 is 2.70 bits per heavy atom. The minimum absolute atomic E-state index is 0.0893. The van der Waals surface area contributed by atoms with Gasteiger partial charge in [-0.1, -0.05) is 12.1 Å². The predicted molar refractivity (Wildman–Crippen MR) is 115 cm³/mol. The molecule has 0 bridgehead atoms. The fourth-order valence-corrected chi connectivity index (χ4v) is 6.79. The molecule has 2 atom stereocenters. The van der Waals surface area contributed by atoms with Crippen molar-refractivity contribution in [1.29, 1.82) is 0 Å². The molecule has 0 saturated carbocycles. The van der Waals surface area contributed by atoms with Gasteiger partial charge in [0.25, 0.3) is 0 Å². The number of aromatic nitrogens is 1. The van der Waals surface area contributed by atoms with Gasteiger partial charge in [0.05, 0.1) is 22.2 Å². The number of H-pyrrole nitrogens is 1. The summed E-state index contributed by atoms with van der Waals surface area (Å²) in [6.45, 7) is 0.158. The van der Waals surface area contributed by atoms with E-state index in [1.165, 1.54) is 35.6 Å². The van der Waals surface area contributed by atoms with Crippen LogP contribution < -0.4 is 4.74 Å². The van der Waals surface area contributed by atoms with Crippen molar-refractivity contribution in [1.82, 2.24) is 15.2 Å². The van der Waals surface area contributed by atoms with E-state index in [1.807, 2.05) is 18.2 Å². The van der Waals surface area contributed by atoms with Crippen molar-refractivity contribution in [2.75, 3.05) is 13.7 Å². The minimum Gasteiger partial charge on any atom is -0.497 e. The summed E-state index contributed by atoms with van der Waals surface area (Å²) >= 11 is 6.69. The Morgan fingerprint density at radius 2 is 2.03 bits per heavy atom. The number of methoxy groups -OCH3 is 1. The molecule has 30 heavy (non-hydrogen) atoms. The number of benzene rings is 2. The van der Waals surface area contributed by atoms with Crippen LogP contribution in [0.15, 0.2) is 47.4 Å². The molecule has 1 aliphatic heterocycles. The Bertz CT molecular complexity index is 1240. The molecule has 4 rings (SSSR count). The third kappa shape index (κ3) is 3.63. The van der Waals surface area contributed by atoms with E-state index in [9.17, 15) is 18.4 Å². The van der Waals surface area contributed by atoms with Crippen LogP contribution >= 0.6 is 23.6 Å². The SMILES string of the molecule is COc1ccc(S(=O)(=O)[C@@H]2C[C@@H](c3cccc4sc(=S)[nH]c34)CN2N(O)C=O)cc1. The molecule has 1 aliphatic rings. The van der Waals surface area contributed by atoms with Gasteiger partial charge in [0, 0.05) is 12.5 Å². The summed E-state index contributed by atoms with van der Waals surface area (Å²) in [7, 11) is -2.38. The van der Waals surface area contributed by atoms with Gasteiger partial charge in [-0.25, -0.2) is 8.42 Å². The molecule has 1 aromatic heterocycles. The number of hydroxylamine groups is 1. The Balaban J connectivity index is 1.74. The lowest BCUT2D eigenvalue weighted by Gasteiger charge is -2.27. The van der Waals surface area contributed by atoms with Gasteiger partial charge in [-0.05, 0) is 54.5 Å². The number of carbonyl (C=O) groups excluding carboxylic acids is 1. The summed E-state index contributed by atoms with van der Waals surface area (Å²) in [5, 5.41) is 10.5. The van der Waals surface area contributed by atoms with E-state index in [0.717, 1.165) is 15.8 Å². The van der Waals surface area contributed by atoms with Gasteiger partial charge in [-0.3, -0.25) is 10.0 Å². The Morgan fingerprint density at radius 1 is 1.30 bits per heavy atom. The maximum Gasteiger partial charge on any atom is 0.249 e. The van der Waals surface area contributed by atoms with Gasteiger partial charge in [0.2, 0.25) is 6.41 Å². The highest BCUT2D eigenvalue weighted by atomic mass is 32.2. The molecule has 0 spiro atoms. The van der Waals surface area contributed by atoms with E-state index >= 15 is 0 Å². The lowest BCUT2D eigenvalue weighted by molar-refractivity contribution is -0.223. The quantitative estimate of drug-likeness (QED) is 0.249. The van der Waals surface area contributed by atoms with Crippen molar-refractivity contribution in [3.05, 3.63) is 52.0 Å². The average molecular weight is 466 g/mol. The maximum atomic E-state index is 13.4. The zero-order valence-corrected chi connectivity index (χ0v) is 18.3. The van der Waals surface area contributed by atoms with Crippen LogP contribution in [0.5, 0.6) is 5.75 Å². The number of para-hydroxylation sites is 1. The molecular weight excluding hydrogens is 446 g/mol. The fraction of sp³-hybridized carbons (Fsp3) is 0.263. The first-order valence-electron chi connectivity index (χ1n) is 9.05.